The molecule has 16 heavy (non-hydrogen) atoms. The monoisotopic (exact) mass is 221 g/mol. The Labute approximate surface area is 96.8 Å². The first-order valence-electron chi connectivity index (χ1n) is 5.34. The highest BCUT2D eigenvalue weighted by Gasteiger charge is 2.18. The molecular formula is C13H19NO2. The molecule has 1 amide bonds. The Hall–Kier alpha value is -1.51. The summed E-state index contributed by atoms with van der Waals surface area (Å²) in [5, 5.41) is 2.93. The lowest BCUT2D eigenvalue weighted by Crippen LogP contribution is -2.43. The highest BCUT2D eigenvalue weighted by atomic mass is 16.5. The number of nitrogens with one attached hydrogen (secondary N) is 1. The molecule has 1 rings (SSSR count). The maximum atomic E-state index is 11.0. The van der Waals surface area contributed by atoms with Crippen LogP contribution in [-0.4, -0.2) is 18.6 Å². The quantitative estimate of drug-likeness (QED) is 0.846. The van der Waals surface area contributed by atoms with Crippen LogP contribution in [0.25, 0.3) is 0 Å². The molecule has 0 atom stereocenters. The first-order chi connectivity index (χ1) is 7.43. The van der Waals surface area contributed by atoms with Crippen molar-refractivity contribution in [1.82, 2.24) is 5.32 Å². The number of rotatable bonds is 4. The third-order valence-electron chi connectivity index (χ3n) is 2.32. The van der Waals surface area contributed by atoms with Crippen LogP contribution in [0, 0.1) is 0 Å². The number of ether oxygens (including phenoxy) is 1. The second-order valence-electron chi connectivity index (χ2n) is 4.59. The number of carbonyl (C=O) groups excluding carboxylic acids is 1. The van der Waals surface area contributed by atoms with Gasteiger partial charge < -0.3 is 10.1 Å². The molecule has 0 aromatic heterocycles. The number of methoxy groups -OCH3 is 1. The van der Waals surface area contributed by atoms with Crippen LogP contribution in [0.3, 0.4) is 0 Å². The highest BCUT2D eigenvalue weighted by molar-refractivity contribution is 5.73. The zero-order chi connectivity index (χ0) is 12.2. The Kier molecular flexibility index (Phi) is 3.93. The third kappa shape index (κ3) is 3.93. The van der Waals surface area contributed by atoms with E-state index in [0.717, 1.165) is 12.2 Å². The molecule has 0 unspecified atom stereocenters. The molecule has 0 bridgehead atoms. The van der Waals surface area contributed by atoms with Crippen molar-refractivity contribution in [3.63, 3.8) is 0 Å². The van der Waals surface area contributed by atoms with Crippen molar-refractivity contribution in [3.05, 3.63) is 29.8 Å². The number of benzene rings is 1. The molecule has 1 aromatic carbocycles. The van der Waals surface area contributed by atoms with Gasteiger partial charge in [-0.15, -0.1) is 0 Å². The fourth-order valence-electron chi connectivity index (χ4n) is 1.77. The molecule has 0 radical (unpaired) electrons. The molecule has 0 aliphatic heterocycles. The van der Waals surface area contributed by atoms with Crippen molar-refractivity contribution in [1.29, 1.82) is 0 Å². The summed E-state index contributed by atoms with van der Waals surface area (Å²) < 4.78 is 5.09. The van der Waals surface area contributed by atoms with Crippen LogP contribution < -0.4 is 10.1 Å². The van der Waals surface area contributed by atoms with Crippen LogP contribution in [0.2, 0.25) is 0 Å². The molecule has 3 nitrogen and oxygen atoms in total. The summed E-state index contributed by atoms with van der Waals surface area (Å²) in [6, 6.07) is 7.89. The number of amides is 1. The molecule has 0 saturated heterocycles. The van der Waals surface area contributed by atoms with Gasteiger partial charge in [-0.3, -0.25) is 4.79 Å². The van der Waals surface area contributed by atoms with Crippen LogP contribution in [0.1, 0.15) is 26.3 Å². The molecule has 3 heteroatoms. The maximum absolute atomic E-state index is 11.0. The summed E-state index contributed by atoms with van der Waals surface area (Å²) in [5.74, 6) is 0.847. The van der Waals surface area contributed by atoms with Gasteiger partial charge >= 0.3 is 0 Å². The lowest BCUT2D eigenvalue weighted by Gasteiger charge is -2.25. The second kappa shape index (κ2) is 5.01. The standard InChI is InChI=1S/C13H19NO2/c1-10(15)14-13(2,3)9-11-5-7-12(16-4)8-6-11/h5-8H,9H2,1-4H3,(H,14,15). The average Bonchev–Trinajstić information content (AvgIpc) is 2.16. The summed E-state index contributed by atoms with van der Waals surface area (Å²) in [4.78, 5) is 11.0. The molecule has 0 saturated carbocycles. The van der Waals surface area contributed by atoms with Gasteiger partial charge in [0, 0.05) is 12.5 Å². The number of carbonyl (C=O) groups is 1. The first kappa shape index (κ1) is 12.6. The van der Waals surface area contributed by atoms with Gasteiger partial charge in [-0.1, -0.05) is 12.1 Å². The lowest BCUT2D eigenvalue weighted by atomic mass is 9.95. The lowest BCUT2D eigenvalue weighted by molar-refractivity contribution is -0.120. The SMILES string of the molecule is COc1ccc(CC(C)(C)NC(C)=O)cc1. The number of hydrogen-bond acceptors (Lipinski definition) is 2. The van der Waals surface area contributed by atoms with Gasteiger partial charge in [0.05, 0.1) is 7.11 Å². The van der Waals surface area contributed by atoms with Crippen LogP contribution in [-0.2, 0) is 11.2 Å². The second-order valence-corrected chi connectivity index (χ2v) is 4.59. The highest BCUT2D eigenvalue weighted by Crippen LogP contribution is 2.16. The first-order valence-corrected chi connectivity index (χ1v) is 5.34. The third-order valence-corrected chi connectivity index (χ3v) is 2.32. The van der Waals surface area contributed by atoms with E-state index >= 15 is 0 Å². The zero-order valence-electron chi connectivity index (χ0n) is 10.3. The minimum Gasteiger partial charge on any atom is -0.497 e. The Balaban J connectivity index is 2.68. The smallest absolute Gasteiger partial charge is 0.217 e. The summed E-state index contributed by atoms with van der Waals surface area (Å²) in [7, 11) is 1.65. The van der Waals surface area contributed by atoms with Gasteiger partial charge in [0.15, 0.2) is 0 Å². The van der Waals surface area contributed by atoms with Gasteiger partial charge in [-0.2, -0.15) is 0 Å². The Morgan fingerprint density at radius 2 is 1.88 bits per heavy atom. The Morgan fingerprint density at radius 1 is 1.31 bits per heavy atom. The maximum Gasteiger partial charge on any atom is 0.217 e. The van der Waals surface area contributed by atoms with Gasteiger partial charge in [-0.05, 0) is 38.0 Å². The minimum atomic E-state index is -0.222. The van der Waals surface area contributed by atoms with Crippen LogP contribution in [0.4, 0.5) is 0 Å². The van der Waals surface area contributed by atoms with Crippen molar-refractivity contribution in [3.8, 4) is 5.75 Å². The Bertz CT molecular complexity index is 355. The molecule has 1 aromatic rings. The molecular weight excluding hydrogens is 202 g/mol. The van der Waals surface area contributed by atoms with Gasteiger partial charge in [0.1, 0.15) is 5.75 Å². The zero-order valence-corrected chi connectivity index (χ0v) is 10.3. The minimum absolute atomic E-state index is 0.00138. The van der Waals surface area contributed by atoms with Crippen molar-refractivity contribution < 1.29 is 9.53 Å². The predicted molar refractivity (Wildman–Crippen MR) is 64.6 cm³/mol. The average molecular weight is 221 g/mol. The topological polar surface area (TPSA) is 38.3 Å². The van der Waals surface area contributed by atoms with Crippen molar-refractivity contribution >= 4 is 5.91 Å². The van der Waals surface area contributed by atoms with E-state index in [1.165, 1.54) is 12.5 Å². The fraction of sp³-hybridized carbons (Fsp3) is 0.462. The van der Waals surface area contributed by atoms with E-state index in [2.05, 4.69) is 5.32 Å². The van der Waals surface area contributed by atoms with E-state index in [4.69, 9.17) is 4.74 Å². The van der Waals surface area contributed by atoms with Gasteiger partial charge in [0.25, 0.3) is 0 Å². The predicted octanol–water partition coefficient (Wildman–Crippen LogP) is 2.15. The molecule has 88 valence electrons. The summed E-state index contributed by atoms with van der Waals surface area (Å²) >= 11 is 0. The fourth-order valence-corrected chi connectivity index (χ4v) is 1.77. The van der Waals surface area contributed by atoms with Crippen LogP contribution in [0.5, 0.6) is 5.75 Å². The van der Waals surface area contributed by atoms with Crippen LogP contribution in [0.15, 0.2) is 24.3 Å². The molecule has 0 fully saturated rings. The summed E-state index contributed by atoms with van der Waals surface area (Å²) in [6.45, 7) is 5.56. The van der Waals surface area contributed by atoms with E-state index in [0.29, 0.717) is 0 Å². The summed E-state index contributed by atoms with van der Waals surface area (Å²) in [5.41, 5.74) is 0.958. The van der Waals surface area contributed by atoms with E-state index in [1.807, 2.05) is 38.1 Å². The van der Waals surface area contributed by atoms with Crippen molar-refractivity contribution in [2.45, 2.75) is 32.7 Å². The number of hydrogen-bond donors (Lipinski definition) is 1. The summed E-state index contributed by atoms with van der Waals surface area (Å²) in [6.07, 6.45) is 0.802. The van der Waals surface area contributed by atoms with Gasteiger partial charge in [-0.25, -0.2) is 0 Å². The molecule has 0 spiro atoms. The van der Waals surface area contributed by atoms with Gasteiger partial charge in [0.2, 0.25) is 5.91 Å². The Morgan fingerprint density at radius 3 is 2.31 bits per heavy atom. The van der Waals surface area contributed by atoms with Crippen molar-refractivity contribution in [2.75, 3.05) is 7.11 Å². The molecule has 0 heterocycles. The van der Waals surface area contributed by atoms with Crippen LogP contribution >= 0.6 is 0 Å². The molecule has 1 N–H and O–H groups in total. The van der Waals surface area contributed by atoms with E-state index < -0.39 is 0 Å². The molecule has 0 aliphatic rings. The van der Waals surface area contributed by atoms with Crippen molar-refractivity contribution in [2.24, 2.45) is 0 Å². The van der Waals surface area contributed by atoms with E-state index in [9.17, 15) is 4.79 Å². The normalized spacial score (nSPS) is 11.0. The van der Waals surface area contributed by atoms with E-state index in [1.54, 1.807) is 7.11 Å². The molecule has 0 aliphatic carbocycles. The van der Waals surface area contributed by atoms with E-state index in [-0.39, 0.29) is 11.4 Å². The largest absolute Gasteiger partial charge is 0.497 e.